The zero-order chi connectivity index (χ0) is 13.4. The first kappa shape index (κ1) is 14.5. The van der Waals surface area contributed by atoms with Crippen LogP contribution in [0.2, 0.25) is 0 Å². The number of hydrogen-bond donors (Lipinski definition) is 1. The van der Waals surface area contributed by atoms with E-state index >= 15 is 0 Å². The molecule has 18 heavy (non-hydrogen) atoms. The summed E-state index contributed by atoms with van der Waals surface area (Å²) in [5.74, 6) is 0. The van der Waals surface area contributed by atoms with Gasteiger partial charge in [0.15, 0.2) is 0 Å². The lowest BCUT2D eigenvalue weighted by Crippen LogP contribution is -2.36. The van der Waals surface area contributed by atoms with Gasteiger partial charge in [-0.15, -0.1) is 0 Å². The highest BCUT2D eigenvalue weighted by Crippen LogP contribution is 2.19. The lowest BCUT2D eigenvalue weighted by molar-refractivity contribution is 0.122. The smallest absolute Gasteiger partial charge is 0.0693 e. The number of hydrogen-bond acceptors (Lipinski definition) is 4. The number of morpholine rings is 1. The molecule has 0 radical (unpaired) electrons. The van der Waals surface area contributed by atoms with E-state index in [0.717, 1.165) is 37.6 Å². The van der Waals surface area contributed by atoms with Crippen LogP contribution in [0, 0.1) is 0 Å². The minimum atomic E-state index is 0.795. The Morgan fingerprint density at radius 2 is 2.06 bits per heavy atom. The Morgan fingerprint density at radius 3 is 2.67 bits per heavy atom. The summed E-state index contributed by atoms with van der Waals surface area (Å²) in [4.78, 5) is 6.60. The molecule has 2 rings (SSSR count). The van der Waals surface area contributed by atoms with E-state index in [1.165, 1.54) is 5.69 Å². The van der Waals surface area contributed by atoms with Gasteiger partial charge in [0.25, 0.3) is 0 Å². The highest BCUT2D eigenvalue weighted by Gasteiger charge is 2.11. The van der Waals surface area contributed by atoms with Crippen molar-refractivity contribution >= 4 is 11.3 Å². The molecule has 0 bridgehead atoms. The molecule has 4 heteroatoms. The van der Waals surface area contributed by atoms with Gasteiger partial charge in [-0.1, -0.05) is 13.8 Å². The molecule has 0 aromatic carbocycles. The summed E-state index contributed by atoms with van der Waals surface area (Å²) in [6.07, 6.45) is 3.42. The largest absolute Gasteiger partial charge is 0.404 e. The predicted octanol–water partition coefficient (Wildman–Crippen LogP) is 2.26. The van der Waals surface area contributed by atoms with E-state index in [9.17, 15) is 0 Å². The van der Waals surface area contributed by atoms with Crippen LogP contribution in [0.3, 0.4) is 0 Å². The number of anilines is 1. The van der Waals surface area contributed by atoms with Gasteiger partial charge in [-0.2, -0.15) is 0 Å². The van der Waals surface area contributed by atoms with E-state index in [1.54, 1.807) is 6.20 Å². The number of allylic oxidation sites excluding steroid dienone is 1. The third-order valence-electron chi connectivity index (χ3n) is 2.77. The van der Waals surface area contributed by atoms with Crippen LogP contribution in [0.1, 0.15) is 26.5 Å². The number of ether oxygens (including phenoxy) is 1. The van der Waals surface area contributed by atoms with Gasteiger partial charge in [0.05, 0.1) is 18.9 Å². The van der Waals surface area contributed by atoms with Crippen molar-refractivity contribution in [1.29, 1.82) is 0 Å². The monoisotopic (exact) mass is 249 g/mol. The Hall–Kier alpha value is -1.55. The molecular weight excluding hydrogens is 226 g/mol. The lowest BCUT2D eigenvalue weighted by atomic mass is 10.2. The third-order valence-corrected chi connectivity index (χ3v) is 2.77. The van der Waals surface area contributed by atoms with Crippen LogP contribution >= 0.6 is 0 Å². The van der Waals surface area contributed by atoms with Gasteiger partial charge in [0, 0.05) is 25.0 Å². The van der Waals surface area contributed by atoms with E-state index in [-0.39, 0.29) is 0 Å². The molecule has 4 nitrogen and oxygen atoms in total. The summed E-state index contributed by atoms with van der Waals surface area (Å²) in [5.41, 5.74) is 8.62. The molecule has 0 unspecified atom stereocenters. The number of nitrogens with two attached hydrogens (primary N) is 1. The first-order chi connectivity index (χ1) is 8.81. The van der Waals surface area contributed by atoms with Gasteiger partial charge in [0.2, 0.25) is 0 Å². The molecule has 1 saturated heterocycles. The van der Waals surface area contributed by atoms with Crippen LogP contribution < -0.4 is 10.6 Å². The fourth-order valence-corrected chi connectivity index (χ4v) is 1.74. The minimum Gasteiger partial charge on any atom is -0.404 e. The van der Waals surface area contributed by atoms with Crippen LogP contribution in [0.15, 0.2) is 24.5 Å². The van der Waals surface area contributed by atoms with Gasteiger partial charge in [0.1, 0.15) is 0 Å². The second-order valence-electron chi connectivity index (χ2n) is 3.85. The van der Waals surface area contributed by atoms with Crippen LogP contribution in [-0.2, 0) is 4.74 Å². The molecule has 1 aromatic rings. The number of aromatic nitrogens is 1. The zero-order valence-corrected chi connectivity index (χ0v) is 11.5. The van der Waals surface area contributed by atoms with E-state index in [2.05, 4.69) is 16.0 Å². The van der Waals surface area contributed by atoms with Crippen molar-refractivity contribution in [3.05, 3.63) is 30.2 Å². The highest BCUT2D eigenvalue weighted by molar-refractivity contribution is 5.64. The van der Waals surface area contributed by atoms with Crippen molar-refractivity contribution in [2.75, 3.05) is 31.2 Å². The molecule has 100 valence electrons. The second-order valence-corrected chi connectivity index (χ2v) is 3.85. The van der Waals surface area contributed by atoms with Gasteiger partial charge in [-0.3, -0.25) is 4.98 Å². The summed E-state index contributed by atoms with van der Waals surface area (Å²) < 4.78 is 5.33. The maximum absolute atomic E-state index is 5.50. The molecule has 0 amide bonds. The van der Waals surface area contributed by atoms with Gasteiger partial charge in [-0.05, 0) is 30.8 Å². The van der Waals surface area contributed by atoms with Crippen LogP contribution in [0.4, 0.5) is 5.69 Å². The lowest BCUT2D eigenvalue weighted by Gasteiger charge is -2.29. The van der Waals surface area contributed by atoms with Gasteiger partial charge in [-0.25, -0.2) is 0 Å². The van der Waals surface area contributed by atoms with Gasteiger partial charge < -0.3 is 15.4 Å². The molecule has 2 N–H and O–H groups in total. The standard InChI is InChI=1S/C12H17N3O.C2H6/c1-10(9-13)12-8-11(2-3-14-12)15-4-6-16-7-5-15;1-2/h2-3,8-9H,4-7,13H2,1H3;1-2H3/b10-9-;. The third kappa shape index (κ3) is 3.74. The topological polar surface area (TPSA) is 51.4 Å². The van der Waals surface area contributed by atoms with E-state index < -0.39 is 0 Å². The first-order valence-corrected chi connectivity index (χ1v) is 6.49. The Morgan fingerprint density at radius 1 is 1.39 bits per heavy atom. The molecule has 0 saturated carbocycles. The molecule has 0 aliphatic carbocycles. The van der Waals surface area contributed by atoms with Crippen molar-refractivity contribution < 1.29 is 4.74 Å². The summed E-state index contributed by atoms with van der Waals surface area (Å²) in [5, 5.41) is 0. The Labute approximate surface area is 109 Å². The summed E-state index contributed by atoms with van der Waals surface area (Å²) >= 11 is 0. The maximum Gasteiger partial charge on any atom is 0.0693 e. The maximum atomic E-state index is 5.50. The Kier molecular flexibility index (Phi) is 6.22. The number of nitrogens with zero attached hydrogens (tertiary/aromatic N) is 2. The van der Waals surface area contributed by atoms with Crippen molar-refractivity contribution in [3.8, 4) is 0 Å². The Balaban J connectivity index is 0.000000771. The molecule has 1 aliphatic rings. The highest BCUT2D eigenvalue weighted by atomic mass is 16.5. The quantitative estimate of drug-likeness (QED) is 0.873. The van der Waals surface area contributed by atoms with Crippen molar-refractivity contribution in [2.24, 2.45) is 5.73 Å². The molecule has 1 aromatic heterocycles. The molecule has 0 spiro atoms. The first-order valence-electron chi connectivity index (χ1n) is 6.49. The average molecular weight is 249 g/mol. The van der Waals surface area contributed by atoms with Crippen LogP contribution in [0.25, 0.3) is 5.57 Å². The summed E-state index contributed by atoms with van der Waals surface area (Å²) in [7, 11) is 0. The molecular formula is C14H23N3O. The minimum absolute atomic E-state index is 0.795. The normalized spacial score (nSPS) is 15.9. The fraction of sp³-hybridized carbons (Fsp3) is 0.500. The number of rotatable bonds is 2. The molecule has 1 aliphatic heterocycles. The Bertz CT molecular complexity index is 384. The summed E-state index contributed by atoms with van der Waals surface area (Å²) in [6.45, 7) is 9.43. The van der Waals surface area contributed by atoms with E-state index in [4.69, 9.17) is 10.5 Å². The van der Waals surface area contributed by atoms with Crippen LogP contribution in [-0.4, -0.2) is 31.3 Å². The van der Waals surface area contributed by atoms with E-state index in [1.807, 2.05) is 33.0 Å². The number of pyridine rings is 1. The van der Waals surface area contributed by atoms with Crippen molar-refractivity contribution in [2.45, 2.75) is 20.8 Å². The molecule has 2 heterocycles. The molecule has 1 fully saturated rings. The summed E-state index contributed by atoms with van der Waals surface area (Å²) in [6, 6.07) is 4.10. The zero-order valence-electron chi connectivity index (χ0n) is 11.5. The molecule has 0 atom stereocenters. The van der Waals surface area contributed by atoms with Crippen molar-refractivity contribution in [3.63, 3.8) is 0 Å². The van der Waals surface area contributed by atoms with E-state index in [0.29, 0.717) is 0 Å². The second kappa shape index (κ2) is 7.71. The fourth-order valence-electron chi connectivity index (χ4n) is 1.74. The SMILES string of the molecule is C/C(=C/N)c1cc(N2CCOCC2)ccn1.CC. The van der Waals surface area contributed by atoms with Gasteiger partial charge >= 0.3 is 0 Å². The predicted molar refractivity (Wildman–Crippen MR) is 76.5 cm³/mol. The average Bonchev–Trinajstić information content (AvgIpc) is 2.49. The van der Waals surface area contributed by atoms with Crippen molar-refractivity contribution in [1.82, 2.24) is 4.98 Å². The van der Waals surface area contributed by atoms with Crippen LogP contribution in [0.5, 0.6) is 0 Å².